The molecule has 0 atom stereocenters. The second-order valence-electron chi connectivity index (χ2n) is 5.31. The van der Waals surface area contributed by atoms with Crippen molar-refractivity contribution in [2.24, 2.45) is 0 Å². The van der Waals surface area contributed by atoms with Gasteiger partial charge in [0.15, 0.2) is 0 Å². The Labute approximate surface area is 138 Å². The molecule has 122 valence electrons. The van der Waals surface area contributed by atoms with Gasteiger partial charge in [0.1, 0.15) is 5.75 Å². The van der Waals surface area contributed by atoms with Crippen molar-refractivity contribution in [2.45, 2.75) is 19.8 Å². The van der Waals surface area contributed by atoms with Gasteiger partial charge in [0.05, 0.1) is 5.69 Å². The van der Waals surface area contributed by atoms with Crippen molar-refractivity contribution >= 4 is 11.6 Å². The highest BCUT2D eigenvalue weighted by Crippen LogP contribution is 2.24. The molecule has 7 heteroatoms. The van der Waals surface area contributed by atoms with Crippen LogP contribution < -0.4 is 5.32 Å². The lowest BCUT2D eigenvalue weighted by Crippen LogP contribution is -2.12. The lowest BCUT2D eigenvalue weighted by Gasteiger charge is -2.07. The van der Waals surface area contributed by atoms with E-state index in [0.29, 0.717) is 23.9 Å². The first kappa shape index (κ1) is 15.7. The van der Waals surface area contributed by atoms with Crippen molar-refractivity contribution in [3.05, 3.63) is 54.2 Å². The molecule has 0 aliphatic carbocycles. The number of phenols is 1. The summed E-state index contributed by atoms with van der Waals surface area (Å²) in [5.41, 5.74) is 2.11. The van der Waals surface area contributed by atoms with E-state index in [1.54, 1.807) is 42.7 Å². The summed E-state index contributed by atoms with van der Waals surface area (Å²) in [4.78, 5) is 15.9. The topological polar surface area (TPSA) is 101 Å². The molecule has 2 aromatic heterocycles. The summed E-state index contributed by atoms with van der Waals surface area (Å²) in [5, 5.41) is 20.3. The molecule has 7 nitrogen and oxygen atoms in total. The number of aryl methyl sites for hydroxylation is 2. The van der Waals surface area contributed by atoms with Crippen molar-refractivity contribution in [1.82, 2.24) is 15.2 Å². The largest absolute Gasteiger partial charge is 0.506 e. The minimum Gasteiger partial charge on any atom is -0.506 e. The van der Waals surface area contributed by atoms with Gasteiger partial charge in [-0.3, -0.25) is 9.78 Å². The van der Waals surface area contributed by atoms with Crippen LogP contribution in [0, 0.1) is 6.92 Å². The van der Waals surface area contributed by atoms with Crippen LogP contribution in [0.5, 0.6) is 5.75 Å². The summed E-state index contributed by atoms with van der Waals surface area (Å²) >= 11 is 0. The molecule has 0 fully saturated rings. The number of phenolic OH excluding ortho intramolecular Hbond substituents is 1. The predicted octanol–water partition coefficient (Wildman–Crippen LogP) is 2.72. The molecule has 0 unspecified atom stereocenters. The van der Waals surface area contributed by atoms with Crippen molar-refractivity contribution in [3.63, 3.8) is 0 Å². The average Bonchev–Trinajstić information content (AvgIpc) is 3.06. The van der Waals surface area contributed by atoms with Crippen molar-refractivity contribution < 1.29 is 14.3 Å². The minimum absolute atomic E-state index is 0.0340. The first-order chi connectivity index (χ1) is 11.6. The third kappa shape index (κ3) is 3.75. The van der Waals surface area contributed by atoms with Gasteiger partial charge in [-0.2, -0.15) is 0 Å². The van der Waals surface area contributed by atoms with E-state index < -0.39 is 0 Å². The second kappa shape index (κ2) is 6.91. The maximum atomic E-state index is 12.0. The Morgan fingerprint density at radius 2 is 2.00 bits per heavy atom. The summed E-state index contributed by atoms with van der Waals surface area (Å²) in [6.07, 6.45) is 3.77. The van der Waals surface area contributed by atoms with Crippen LogP contribution in [0.1, 0.15) is 17.9 Å². The molecule has 3 aromatic rings. The number of anilines is 1. The van der Waals surface area contributed by atoms with Gasteiger partial charge in [0, 0.05) is 30.8 Å². The summed E-state index contributed by atoms with van der Waals surface area (Å²) in [5.74, 6) is 0.570. The molecule has 0 saturated heterocycles. The molecule has 0 aliphatic heterocycles. The molecule has 3 rings (SSSR count). The SMILES string of the molecule is Cc1ccc(O)c(NC(=O)CCc2nnc(-c3ccncc3)o2)c1. The lowest BCUT2D eigenvalue weighted by atomic mass is 10.2. The van der Waals surface area contributed by atoms with Crippen LogP contribution in [-0.4, -0.2) is 26.2 Å². The van der Waals surface area contributed by atoms with E-state index in [1.807, 2.05) is 6.92 Å². The summed E-state index contributed by atoms with van der Waals surface area (Å²) in [6.45, 7) is 1.88. The number of aromatic nitrogens is 3. The molecule has 0 aliphatic rings. The van der Waals surface area contributed by atoms with Gasteiger partial charge in [-0.1, -0.05) is 6.07 Å². The monoisotopic (exact) mass is 324 g/mol. The first-order valence-corrected chi connectivity index (χ1v) is 7.44. The maximum Gasteiger partial charge on any atom is 0.247 e. The highest BCUT2D eigenvalue weighted by molar-refractivity contribution is 5.92. The number of nitrogens with one attached hydrogen (secondary N) is 1. The fourth-order valence-electron chi connectivity index (χ4n) is 2.15. The Morgan fingerprint density at radius 3 is 2.79 bits per heavy atom. The number of amides is 1. The van der Waals surface area contributed by atoms with E-state index in [2.05, 4.69) is 20.5 Å². The zero-order valence-corrected chi connectivity index (χ0v) is 13.1. The summed E-state index contributed by atoms with van der Waals surface area (Å²) in [7, 11) is 0. The Balaban J connectivity index is 1.59. The van der Waals surface area contributed by atoms with Crippen LogP contribution in [0.25, 0.3) is 11.5 Å². The van der Waals surface area contributed by atoms with E-state index in [4.69, 9.17) is 4.42 Å². The molecule has 2 N–H and O–H groups in total. The molecule has 24 heavy (non-hydrogen) atoms. The van der Waals surface area contributed by atoms with Crippen LogP contribution in [0.3, 0.4) is 0 Å². The van der Waals surface area contributed by atoms with E-state index in [9.17, 15) is 9.90 Å². The van der Waals surface area contributed by atoms with Gasteiger partial charge in [0.25, 0.3) is 0 Å². The Bertz CT molecular complexity index is 846. The number of benzene rings is 1. The number of pyridine rings is 1. The van der Waals surface area contributed by atoms with Gasteiger partial charge in [-0.05, 0) is 36.8 Å². The number of aromatic hydroxyl groups is 1. The van der Waals surface area contributed by atoms with Crippen molar-refractivity contribution in [1.29, 1.82) is 0 Å². The smallest absolute Gasteiger partial charge is 0.247 e. The van der Waals surface area contributed by atoms with Crippen LogP contribution in [0.2, 0.25) is 0 Å². The maximum absolute atomic E-state index is 12.0. The molecule has 2 heterocycles. The van der Waals surface area contributed by atoms with Crippen LogP contribution in [0.4, 0.5) is 5.69 Å². The normalized spacial score (nSPS) is 10.5. The molecule has 1 amide bonds. The number of carbonyl (C=O) groups excluding carboxylic acids is 1. The van der Waals surface area contributed by atoms with E-state index in [-0.39, 0.29) is 18.1 Å². The predicted molar refractivity (Wildman–Crippen MR) is 87.3 cm³/mol. The first-order valence-electron chi connectivity index (χ1n) is 7.44. The van der Waals surface area contributed by atoms with Gasteiger partial charge in [-0.25, -0.2) is 0 Å². The highest BCUT2D eigenvalue weighted by atomic mass is 16.4. The van der Waals surface area contributed by atoms with Crippen LogP contribution in [0.15, 0.2) is 47.1 Å². The summed E-state index contributed by atoms with van der Waals surface area (Å²) < 4.78 is 5.53. The minimum atomic E-state index is -0.237. The Morgan fingerprint density at radius 1 is 1.21 bits per heavy atom. The van der Waals surface area contributed by atoms with Gasteiger partial charge < -0.3 is 14.8 Å². The number of hydrogen-bond donors (Lipinski definition) is 2. The number of nitrogens with zero attached hydrogens (tertiary/aromatic N) is 3. The fraction of sp³-hybridized carbons (Fsp3) is 0.176. The van der Waals surface area contributed by atoms with Crippen LogP contribution >= 0.6 is 0 Å². The summed E-state index contributed by atoms with van der Waals surface area (Å²) in [6, 6.07) is 8.56. The van der Waals surface area contributed by atoms with Crippen LogP contribution in [-0.2, 0) is 11.2 Å². The van der Waals surface area contributed by atoms with Crippen molar-refractivity contribution in [3.8, 4) is 17.2 Å². The lowest BCUT2D eigenvalue weighted by molar-refractivity contribution is -0.116. The molecular weight excluding hydrogens is 308 g/mol. The molecule has 0 saturated carbocycles. The Kier molecular flexibility index (Phi) is 4.51. The fourth-order valence-corrected chi connectivity index (χ4v) is 2.15. The second-order valence-corrected chi connectivity index (χ2v) is 5.31. The van der Waals surface area contributed by atoms with E-state index >= 15 is 0 Å². The Hall–Kier alpha value is -3.22. The quantitative estimate of drug-likeness (QED) is 0.700. The van der Waals surface area contributed by atoms with Gasteiger partial charge in [0.2, 0.25) is 17.7 Å². The zero-order valence-electron chi connectivity index (χ0n) is 13.1. The van der Waals surface area contributed by atoms with Gasteiger partial charge >= 0.3 is 0 Å². The number of carbonyl (C=O) groups is 1. The third-order valence-electron chi connectivity index (χ3n) is 3.39. The molecule has 1 aromatic carbocycles. The molecule has 0 radical (unpaired) electrons. The molecule has 0 spiro atoms. The average molecular weight is 324 g/mol. The molecular formula is C17H16N4O3. The van der Waals surface area contributed by atoms with E-state index in [1.165, 1.54) is 0 Å². The number of rotatable bonds is 5. The zero-order chi connectivity index (χ0) is 16.9. The highest BCUT2D eigenvalue weighted by Gasteiger charge is 2.11. The standard InChI is InChI=1S/C17H16N4O3/c1-11-2-3-14(22)13(10-11)19-15(23)4-5-16-20-21-17(24-16)12-6-8-18-9-7-12/h2-3,6-10,22H,4-5H2,1H3,(H,19,23). The van der Waals surface area contributed by atoms with Crippen molar-refractivity contribution in [2.75, 3.05) is 5.32 Å². The third-order valence-corrected chi connectivity index (χ3v) is 3.39. The van der Waals surface area contributed by atoms with Gasteiger partial charge in [-0.15, -0.1) is 10.2 Å². The number of hydrogen-bond acceptors (Lipinski definition) is 6. The molecule has 0 bridgehead atoms. The van der Waals surface area contributed by atoms with E-state index in [0.717, 1.165) is 11.1 Å².